The normalized spacial score (nSPS) is 15.9. The Bertz CT molecular complexity index is 1340. The van der Waals surface area contributed by atoms with E-state index >= 15 is 0 Å². The van der Waals surface area contributed by atoms with Gasteiger partial charge in [0.05, 0.1) is 17.0 Å². The van der Waals surface area contributed by atoms with Crippen molar-refractivity contribution in [3.63, 3.8) is 0 Å². The number of aromatic nitrogens is 2. The van der Waals surface area contributed by atoms with Gasteiger partial charge in [-0.1, -0.05) is 61.1 Å². The Morgan fingerprint density at radius 1 is 1.07 bits per heavy atom. The largest absolute Gasteiger partial charge is 0.450 e. The molecule has 0 radical (unpaired) electrons. The highest BCUT2D eigenvalue weighted by atomic mass is 35.5. The average Bonchev–Trinajstić information content (AvgIpc) is 3.33. The van der Waals surface area contributed by atoms with Gasteiger partial charge in [0.2, 0.25) is 10.9 Å². The van der Waals surface area contributed by atoms with E-state index in [-0.39, 0.29) is 17.1 Å². The zero-order valence-corrected chi connectivity index (χ0v) is 17.7. The first-order chi connectivity index (χ1) is 14.5. The van der Waals surface area contributed by atoms with E-state index in [1.165, 1.54) is 16.2 Å². The lowest BCUT2D eigenvalue weighted by molar-refractivity contribution is 0.0970. The van der Waals surface area contributed by atoms with Crippen LogP contribution in [-0.2, 0) is 0 Å². The summed E-state index contributed by atoms with van der Waals surface area (Å²) in [6.45, 7) is 4.03. The SMILES string of the molecule is CC(C)c1nnc(N2C(=O)c3oc4ccccc4c(=O)c3C2c2ccc(Cl)cc2)s1. The van der Waals surface area contributed by atoms with Gasteiger partial charge in [0, 0.05) is 10.9 Å². The van der Waals surface area contributed by atoms with Crippen molar-refractivity contribution in [1.82, 2.24) is 10.2 Å². The van der Waals surface area contributed by atoms with Gasteiger partial charge >= 0.3 is 0 Å². The predicted molar refractivity (Wildman–Crippen MR) is 117 cm³/mol. The number of halogens is 1. The van der Waals surface area contributed by atoms with Crippen LogP contribution in [0.5, 0.6) is 0 Å². The minimum atomic E-state index is -0.668. The van der Waals surface area contributed by atoms with Crippen molar-refractivity contribution in [2.24, 2.45) is 0 Å². The number of anilines is 1. The molecule has 8 heteroatoms. The predicted octanol–water partition coefficient (Wildman–Crippen LogP) is 5.17. The van der Waals surface area contributed by atoms with Crippen LogP contribution in [0.4, 0.5) is 5.13 Å². The Labute approximate surface area is 180 Å². The van der Waals surface area contributed by atoms with Crippen LogP contribution in [0.3, 0.4) is 0 Å². The van der Waals surface area contributed by atoms with E-state index in [0.29, 0.717) is 26.7 Å². The number of nitrogens with zero attached hydrogens (tertiary/aromatic N) is 3. The van der Waals surface area contributed by atoms with Crippen LogP contribution in [0.15, 0.2) is 57.7 Å². The number of rotatable bonds is 3. The molecule has 30 heavy (non-hydrogen) atoms. The maximum Gasteiger partial charge on any atom is 0.297 e. The molecule has 0 bridgehead atoms. The van der Waals surface area contributed by atoms with E-state index in [0.717, 1.165) is 10.6 Å². The lowest BCUT2D eigenvalue weighted by Gasteiger charge is -2.22. The van der Waals surface area contributed by atoms with Crippen molar-refractivity contribution in [3.05, 3.63) is 85.7 Å². The molecule has 1 aliphatic heterocycles. The van der Waals surface area contributed by atoms with Gasteiger partial charge in [-0.2, -0.15) is 0 Å². The van der Waals surface area contributed by atoms with Crippen LogP contribution in [-0.4, -0.2) is 16.1 Å². The molecule has 1 atom stereocenters. The minimum absolute atomic E-state index is 0.0416. The number of hydrogen-bond donors (Lipinski definition) is 0. The number of carbonyl (C=O) groups is 1. The van der Waals surface area contributed by atoms with Crippen LogP contribution >= 0.6 is 22.9 Å². The molecule has 4 aromatic rings. The van der Waals surface area contributed by atoms with E-state index in [1.807, 2.05) is 13.8 Å². The zero-order chi connectivity index (χ0) is 21.0. The Hall–Kier alpha value is -3.03. The third-order valence-electron chi connectivity index (χ3n) is 5.09. The van der Waals surface area contributed by atoms with Gasteiger partial charge in [-0.25, -0.2) is 0 Å². The summed E-state index contributed by atoms with van der Waals surface area (Å²) in [5.74, 6) is -0.188. The highest BCUT2D eigenvalue weighted by molar-refractivity contribution is 7.15. The molecule has 3 heterocycles. The summed E-state index contributed by atoms with van der Waals surface area (Å²) < 4.78 is 5.92. The van der Waals surface area contributed by atoms with Crippen LogP contribution < -0.4 is 10.3 Å². The van der Waals surface area contributed by atoms with Crippen molar-refractivity contribution >= 4 is 44.9 Å². The molecule has 0 N–H and O–H groups in total. The van der Waals surface area contributed by atoms with E-state index in [2.05, 4.69) is 10.2 Å². The molecular formula is C22H16ClN3O3S. The van der Waals surface area contributed by atoms with Gasteiger partial charge in [0.15, 0.2) is 5.43 Å². The topological polar surface area (TPSA) is 76.3 Å². The number of para-hydroxylation sites is 1. The molecule has 0 saturated carbocycles. The van der Waals surface area contributed by atoms with E-state index < -0.39 is 11.9 Å². The van der Waals surface area contributed by atoms with Gasteiger partial charge < -0.3 is 4.42 Å². The maximum atomic E-state index is 13.4. The van der Waals surface area contributed by atoms with Crippen LogP contribution in [0.25, 0.3) is 11.0 Å². The van der Waals surface area contributed by atoms with Gasteiger partial charge in [0.25, 0.3) is 5.91 Å². The second kappa shape index (κ2) is 7.04. The molecule has 0 spiro atoms. The fourth-order valence-electron chi connectivity index (χ4n) is 3.63. The molecule has 2 aromatic carbocycles. The average molecular weight is 438 g/mol. The summed E-state index contributed by atoms with van der Waals surface area (Å²) in [6, 6.07) is 13.4. The van der Waals surface area contributed by atoms with Crippen molar-refractivity contribution in [1.29, 1.82) is 0 Å². The minimum Gasteiger partial charge on any atom is -0.450 e. The molecular weight excluding hydrogens is 422 g/mol. The Balaban J connectivity index is 1.78. The summed E-state index contributed by atoms with van der Waals surface area (Å²) >= 11 is 7.40. The Kier molecular flexibility index (Phi) is 4.45. The summed E-state index contributed by atoms with van der Waals surface area (Å²) in [7, 11) is 0. The maximum absolute atomic E-state index is 13.4. The van der Waals surface area contributed by atoms with Crippen LogP contribution in [0, 0.1) is 0 Å². The number of benzene rings is 2. The first-order valence-electron chi connectivity index (χ1n) is 9.44. The molecule has 0 saturated heterocycles. The van der Waals surface area contributed by atoms with Crippen LogP contribution in [0.2, 0.25) is 5.02 Å². The van der Waals surface area contributed by atoms with Crippen LogP contribution in [0.1, 0.15) is 52.5 Å². The van der Waals surface area contributed by atoms with Crippen molar-refractivity contribution in [3.8, 4) is 0 Å². The first-order valence-corrected chi connectivity index (χ1v) is 10.6. The first kappa shape index (κ1) is 19.0. The van der Waals surface area contributed by atoms with Crippen molar-refractivity contribution in [2.45, 2.75) is 25.8 Å². The van der Waals surface area contributed by atoms with E-state index in [4.69, 9.17) is 16.0 Å². The molecule has 1 aliphatic rings. The number of amides is 1. The third kappa shape index (κ3) is 2.85. The fraction of sp³-hybridized carbons (Fsp3) is 0.182. The molecule has 0 aliphatic carbocycles. The molecule has 1 unspecified atom stereocenters. The Morgan fingerprint density at radius 3 is 2.50 bits per heavy atom. The molecule has 6 nitrogen and oxygen atoms in total. The molecule has 5 rings (SSSR count). The summed E-state index contributed by atoms with van der Waals surface area (Å²) in [5, 5.41) is 10.7. The zero-order valence-electron chi connectivity index (χ0n) is 16.1. The van der Waals surface area contributed by atoms with Crippen molar-refractivity contribution < 1.29 is 9.21 Å². The number of carbonyl (C=O) groups excluding carboxylic acids is 1. The van der Waals surface area contributed by atoms with E-state index in [1.54, 1.807) is 48.5 Å². The second-order valence-corrected chi connectivity index (χ2v) is 8.80. The quantitative estimate of drug-likeness (QED) is 0.442. The monoisotopic (exact) mass is 437 g/mol. The smallest absolute Gasteiger partial charge is 0.297 e. The van der Waals surface area contributed by atoms with Gasteiger partial charge in [0.1, 0.15) is 10.6 Å². The summed E-state index contributed by atoms with van der Waals surface area (Å²) in [5.41, 5.74) is 1.21. The molecule has 150 valence electrons. The lowest BCUT2D eigenvalue weighted by Crippen LogP contribution is -2.29. The van der Waals surface area contributed by atoms with Gasteiger partial charge in [-0.05, 0) is 29.8 Å². The molecule has 1 amide bonds. The second-order valence-electron chi connectivity index (χ2n) is 7.38. The lowest BCUT2D eigenvalue weighted by atomic mass is 9.99. The molecule has 0 fully saturated rings. The summed E-state index contributed by atoms with van der Waals surface area (Å²) in [4.78, 5) is 28.3. The fourth-order valence-corrected chi connectivity index (χ4v) is 4.63. The highest BCUT2D eigenvalue weighted by Gasteiger charge is 2.45. The van der Waals surface area contributed by atoms with E-state index in [9.17, 15) is 9.59 Å². The third-order valence-corrected chi connectivity index (χ3v) is 6.57. The van der Waals surface area contributed by atoms with Gasteiger partial charge in [-0.15, -0.1) is 10.2 Å². The molecule has 2 aromatic heterocycles. The highest BCUT2D eigenvalue weighted by Crippen LogP contribution is 2.42. The van der Waals surface area contributed by atoms with Gasteiger partial charge in [-0.3, -0.25) is 14.5 Å². The summed E-state index contributed by atoms with van der Waals surface area (Å²) in [6.07, 6.45) is 0. The number of hydrogen-bond acceptors (Lipinski definition) is 6. The van der Waals surface area contributed by atoms with Crippen molar-refractivity contribution in [2.75, 3.05) is 4.90 Å². The standard InChI is InChI=1S/C22H16ClN3O3S/c1-11(2)20-24-25-22(30-20)26-17(12-7-9-13(23)10-8-12)16-18(27)14-5-3-4-6-15(14)29-19(16)21(26)28/h3-11,17H,1-2H3. The number of fused-ring (bicyclic) bond motifs is 2. The Morgan fingerprint density at radius 2 is 1.80 bits per heavy atom.